The Morgan fingerprint density at radius 2 is 1.46 bits per heavy atom. The van der Waals surface area contributed by atoms with Gasteiger partial charge in [0.15, 0.2) is 0 Å². The van der Waals surface area contributed by atoms with E-state index >= 15 is 0 Å². The van der Waals surface area contributed by atoms with Crippen LogP contribution in [-0.4, -0.2) is 130 Å². The number of anilines is 2. The average molecular weight is 1020 g/mol. The second-order valence-electron chi connectivity index (χ2n) is 16.3. The number of nitrogens with one attached hydrogen (secondary N) is 4. The molecule has 0 radical (unpaired) electrons. The fourth-order valence-electron chi connectivity index (χ4n) is 7.21. The SMILES string of the molecule is CN(CCCC(=O)Nc1cccc(CCNCC(O)c2ccc(O)c3[nH]c(=O)ccc23)c1)C(=O)CCN1CCC(OC(=O)Nc2ccccc2-c2ccccc2)CC1.O=C(O)C(F)(F)F.O=C(O)C(F)(F)F. The Morgan fingerprint density at radius 3 is 2.11 bits per heavy atom. The number of ether oxygens (including phenoxy) is 1. The zero-order valence-corrected chi connectivity index (χ0v) is 38.8. The van der Waals surface area contributed by atoms with E-state index in [0.717, 1.165) is 29.8 Å². The van der Waals surface area contributed by atoms with E-state index in [1.165, 1.54) is 12.1 Å². The summed E-state index contributed by atoms with van der Waals surface area (Å²) >= 11 is 0. The van der Waals surface area contributed by atoms with Crippen molar-refractivity contribution >= 4 is 52.1 Å². The van der Waals surface area contributed by atoms with Gasteiger partial charge in [0.25, 0.3) is 0 Å². The molecule has 1 saturated heterocycles. The zero-order chi connectivity index (χ0) is 53.0. The second kappa shape index (κ2) is 27.2. The molecule has 0 bridgehead atoms. The Hall–Kier alpha value is -7.50. The number of fused-ring (bicyclic) bond motifs is 1. The van der Waals surface area contributed by atoms with Crippen LogP contribution >= 0.6 is 0 Å². The summed E-state index contributed by atoms with van der Waals surface area (Å²) in [5.74, 6) is -5.67. The average Bonchev–Trinajstić information content (AvgIpc) is 3.33. The number of rotatable bonds is 17. The van der Waals surface area contributed by atoms with E-state index in [1.54, 1.807) is 24.1 Å². The van der Waals surface area contributed by atoms with E-state index < -0.39 is 36.5 Å². The van der Waals surface area contributed by atoms with Crippen LogP contribution in [0.5, 0.6) is 5.75 Å². The third-order valence-electron chi connectivity index (χ3n) is 10.9. The van der Waals surface area contributed by atoms with E-state index in [0.29, 0.717) is 79.6 Å². The fourth-order valence-corrected chi connectivity index (χ4v) is 7.21. The van der Waals surface area contributed by atoms with E-state index in [2.05, 4.69) is 25.8 Å². The maximum absolute atomic E-state index is 12.9. The largest absolute Gasteiger partial charge is 0.506 e. The Bertz CT molecular complexity index is 2640. The number of para-hydroxylation sites is 1. The van der Waals surface area contributed by atoms with Crippen molar-refractivity contribution in [2.45, 2.75) is 63.1 Å². The van der Waals surface area contributed by atoms with E-state index in [1.807, 2.05) is 78.9 Å². The van der Waals surface area contributed by atoms with Gasteiger partial charge < -0.3 is 50.6 Å². The number of aromatic hydroxyl groups is 1. The normalized spacial score (nSPS) is 13.3. The van der Waals surface area contributed by atoms with Gasteiger partial charge in [0.1, 0.15) is 11.9 Å². The lowest BCUT2D eigenvalue weighted by Gasteiger charge is -2.31. The summed E-state index contributed by atoms with van der Waals surface area (Å²) in [6.07, 6.45) is -8.43. The number of phenols is 1. The number of carboxylic acids is 2. The number of aliphatic hydroxyl groups excluding tert-OH is 1. The predicted molar refractivity (Wildman–Crippen MR) is 253 cm³/mol. The molecule has 5 aromatic rings. The lowest BCUT2D eigenvalue weighted by atomic mass is 10.0. The number of halogens is 6. The summed E-state index contributed by atoms with van der Waals surface area (Å²) in [5.41, 5.74) is 4.91. The fraction of sp³-hybridized carbons (Fsp3) is 0.347. The van der Waals surface area contributed by atoms with Crippen LogP contribution in [0, 0.1) is 0 Å². The Morgan fingerprint density at radius 1 is 0.819 bits per heavy atom. The number of aliphatic carboxylic acids is 2. The van der Waals surface area contributed by atoms with Crippen LogP contribution in [0.2, 0.25) is 0 Å². The highest BCUT2D eigenvalue weighted by Crippen LogP contribution is 2.30. The molecule has 0 saturated carbocycles. The number of carbonyl (C=O) groups is 5. The molecule has 4 aromatic carbocycles. The molecular weight excluding hydrogens is 963 g/mol. The molecule has 0 spiro atoms. The maximum atomic E-state index is 12.9. The van der Waals surface area contributed by atoms with Crippen LogP contribution in [0.1, 0.15) is 49.3 Å². The van der Waals surface area contributed by atoms with Crippen LogP contribution in [0.25, 0.3) is 22.0 Å². The molecule has 1 atom stereocenters. The Kier molecular flexibility index (Phi) is 21.6. The summed E-state index contributed by atoms with van der Waals surface area (Å²) in [6, 6.07) is 31.2. The molecule has 6 rings (SSSR count). The van der Waals surface area contributed by atoms with Crippen LogP contribution in [0.4, 0.5) is 42.5 Å². The summed E-state index contributed by atoms with van der Waals surface area (Å²) in [6.45, 7) is 3.42. The molecule has 3 amide bonds. The third-order valence-corrected chi connectivity index (χ3v) is 10.9. The van der Waals surface area contributed by atoms with Gasteiger partial charge in [-0.05, 0) is 79.3 Å². The van der Waals surface area contributed by atoms with Crippen molar-refractivity contribution in [3.63, 3.8) is 0 Å². The van der Waals surface area contributed by atoms with Crippen molar-refractivity contribution in [2.75, 3.05) is 56.9 Å². The number of carbonyl (C=O) groups excluding carboxylic acids is 3. The van der Waals surface area contributed by atoms with Crippen LogP contribution in [-0.2, 0) is 30.3 Å². The minimum Gasteiger partial charge on any atom is -0.506 e. The number of aromatic amines is 1. The highest BCUT2D eigenvalue weighted by Gasteiger charge is 2.39. The molecule has 1 unspecified atom stereocenters. The number of nitrogens with zero attached hydrogens (tertiary/aromatic N) is 2. The first-order chi connectivity index (χ1) is 34.0. The smallest absolute Gasteiger partial charge is 0.490 e. The molecule has 0 aliphatic carbocycles. The van der Waals surface area contributed by atoms with Gasteiger partial charge in [0.2, 0.25) is 17.4 Å². The topological polar surface area (TPSA) is 251 Å². The van der Waals surface area contributed by atoms with Gasteiger partial charge in [-0.1, -0.05) is 66.7 Å². The quantitative estimate of drug-likeness (QED) is 0.0337. The number of likely N-dealkylation sites (tertiary alicyclic amines) is 1. The molecule has 1 fully saturated rings. The Balaban J connectivity index is 0.000000703. The van der Waals surface area contributed by atoms with Crippen molar-refractivity contribution in [3.05, 3.63) is 125 Å². The van der Waals surface area contributed by atoms with Crippen LogP contribution in [0.15, 0.2) is 108 Å². The number of phenolic OH excluding ortho intramolecular Hbond substituents is 1. The van der Waals surface area contributed by atoms with Gasteiger partial charge in [-0.3, -0.25) is 19.7 Å². The second-order valence-corrected chi connectivity index (χ2v) is 16.3. The molecule has 23 heteroatoms. The highest BCUT2D eigenvalue weighted by molar-refractivity contribution is 5.92. The minimum atomic E-state index is -5.08. The van der Waals surface area contributed by atoms with Crippen molar-refractivity contribution < 1.29 is 75.5 Å². The number of aromatic nitrogens is 1. The molecule has 17 nitrogen and oxygen atoms in total. The number of piperidine rings is 1. The number of hydrogen-bond donors (Lipinski definition) is 8. The van der Waals surface area contributed by atoms with Gasteiger partial charge in [0, 0.05) is 75.3 Å². The lowest BCUT2D eigenvalue weighted by Crippen LogP contribution is -2.40. The first kappa shape index (κ1) is 57.1. The molecule has 1 aliphatic rings. The van der Waals surface area contributed by atoms with Gasteiger partial charge in [-0.25, -0.2) is 14.4 Å². The number of amides is 3. The lowest BCUT2D eigenvalue weighted by molar-refractivity contribution is -0.193. The number of benzene rings is 4. The summed E-state index contributed by atoms with van der Waals surface area (Å²) in [7, 11) is 1.76. The van der Waals surface area contributed by atoms with Crippen LogP contribution < -0.4 is 21.5 Å². The molecule has 2 heterocycles. The number of pyridine rings is 1. The summed E-state index contributed by atoms with van der Waals surface area (Å²) in [5, 5.41) is 44.9. The van der Waals surface area contributed by atoms with Gasteiger partial charge >= 0.3 is 30.4 Å². The summed E-state index contributed by atoms with van der Waals surface area (Å²) in [4.78, 5) is 74.4. The zero-order valence-electron chi connectivity index (χ0n) is 38.8. The molecule has 388 valence electrons. The van der Waals surface area contributed by atoms with Crippen molar-refractivity contribution in [1.82, 2.24) is 20.1 Å². The van der Waals surface area contributed by atoms with Crippen molar-refractivity contribution in [2.24, 2.45) is 0 Å². The number of H-pyrrole nitrogens is 1. The van der Waals surface area contributed by atoms with E-state index in [4.69, 9.17) is 24.5 Å². The number of alkyl halides is 6. The molecule has 1 aliphatic heterocycles. The number of aliphatic hydroxyl groups is 1. The van der Waals surface area contributed by atoms with E-state index in [-0.39, 0.29) is 42.2 Å². The first-order valence-corrected chi connectivity index (χ1v) is 22.3. The van der Waals surface area contributed by atoms with Crippen LogP contribution in [0.3, 0.4) is 0 Å². The maximum Gasteiger partial charge on any atom is 0.490 e. The molecule has 1 aromatic heterocycles. The molecule has 8 N–H and O–H groups in total. The van der Waals surface area contributed by atoms with Gasteiger partial charge in [-0.15, -0.1) is 0 Å². The third kappa shape index (κ3) is 19.0. The van der Waals surface area contributed by atoms with E-state index in [9.17, 15) is 55.7 Å². The van der Waals surface area contributed by atoms with Crippen molar-refractivity contribution in [3.8, 4) is 16.9 Å². The monoisotopic (exact) mass is 1020 g/mol. The van der Waals surface area contributed by atoms with Crippen molar-refractivity contribution in [1.29, 1.82) is 0 Å². The first-order valence-electron chi connectivity index (χ1n) is 22.3. The molecule has 72 heavy (non-hydrogen) atoms. The predicted octanol–water partition coefficient (Wildman–Crippen LogP) is 7.31. The van der Waals surface area contributed by atoms with Gasteiger partial charge in [0.05, 0.1) is 17.3 Å². The number of carboxylic acid groups (broad SMARTS) is 2. The number of hydrogen-bond acceptors (Lipinski definition) is 11. The highest BCUT2D eigenvalue weighted by atomic mass is 19.4. The van der Waals surface area contributed by atoms with Gasteiger partial charge in [-0.2, -0.15) is 26.3 Å². The Labute approximate surface area is 408 Å². The summed E-state index contributed by atoms with van der Waals surface area (Å²) < 4.78 is 69.2. The molecular formula is C49H54F6N6O11. The minimum absolute atomic E-state index is 0.0248. The standard InChI is InChI=1S/C45H52N6O7.2C2HF3O2/c1-50(43(56)23-28-51-26-21-34(22-27-51)58-45(57)48-38-14-6-5-13-35(38)32-10-3-2-4-11-32)25-8-15-41(54)47-33-12-7-9-31(29-33)20-24-46-30-40(53)36-16-18-39(52)44-37(36)17-19-42(55)49-44;2*3-2(4,5)1(6)7/h2-7,9-14,16-19,29,34,40,46,52-53H,8,15,20-28,30H2,1H3,(H,47,54)(H,48,57)(H,49,55);2*(H,6,7).